The zero-order valence-corrected chi connectivity index (χ0v) is 15.9. The van der Waals surface area contributed by atoms with Crippen molar-refractivity contribution in [3.05, 3.63) is 6.33 Å². The molecule has 1 aliphatic rings. The molecule has 5 atom stereocenters. The van der Waals surface area contributed by atoms with Crippen molar-refractivity contribution in [1.29, 1.82) is 0 Å². The molecule has 26 heavy (non-hydrogen) atoms. The van der Waals surface area contributed by atoms with Gasteiger partial charge in [0.25, 0.3) is 0 Å². The number of hydrogen-bond acceptors (Lipinski definition) is 10. The number of anilines is 2. The second-order valence-electron chi connectivity index (χ2n) is 6.62. The van der Waals surface area contributed by atoms with Crippen LogP contribution in [0.4, 0.5) is 11.8 Å². The number of hydrogen-bond donors (Lipinski definition) is 3. The molecule has 1 unspecified atom stereocenters. The summed E-state index contributed by atoms with van der Waals surface area (Å²) >= 11 is 0. The van der Waals surface area contributed by atoms with Gasteiger partial charge in [-0.3, -0.25) is 9.13 Å². The lowest BCUT2D eigenvalue weighted by atomic mass is 9.96. The van der Waals surface area contributed by atoms with E-state index >= 15 is 0 Å². The van der Waals surface area contributed by atoms with E-state index in [0.717, 1.165) is 0 Å². The lowest BCUT2D eigenvalue weighted by Gasteiger charge is -2.27. The van der Waals surface area contributed by atoms with Crippen LogP contribution in [-0.2, 0) is 13.8 Å². The van der Waals surface area contributed by atoms with Crippen LogP contribution in [0.5, 0.6) is 0 Å². The first-order chi connectivity index (χ1) is 12.1. The monoisotopic (exact) mass is 386 g/mol. The highest BCUT2D eigenvalue weighted by molar-refractivity contribution is 7.38. The molecule has 0 aliphatic carbocycles. The van der Waals surface area contributed by atoms with Crippen LogP contribution in [0.1, 0.15) is 13.2 Å². The zero-order chi connectivity index (χ0) is 19.2. The molecule has 2 aromatic heterocycles. The summed E-state index contributed by atoms with van der Waals surface area (Å²) in [5.41, 5.74) is 5.00. The van der Waals surface area contributed by atoms with E-state index in [-0.39, 0.29) is 12.6 Å². The van der Waals surface area contributed by atoms with E-state index in [0.29, 0.717) is 17.0 Å². The van der Waals surface area contributed by atoms with Crippen molar-refractivity contribution in [2.75, 3.05) is 38.0 Å². The van der Waals surface area contributed by atoms with E-state index in [1.54, 1.807) is 19.0 Å². The summed E-state index contributed by atoms with van der Waals surface area (Å²) in [7, 11) is 1.40. The van der Waals surface area contributed by atoms with Gasteiger partial charge < -0.3 is 30.1 Å². The van der Waals surface area contributed by atoms with E-state index in [1.165, 1.54) is 24.5 Å². The summed E-state index contributed by atoms with van der Waals surface area (Å²) in [4.78, 5) is 14.4. The first-order valence-corrected chi connectivity index (χ1v) is 9.81. The van der Waals surface area contributed by atoms with Crippen LogP contribution in [0.2, 0.25) is 0 Å². The minimum Gasteiger partial charge on any atom is -0.387 e. The molecule has 3 rings (SSSR count). The van der Waals surface area contributed by atoms with E-state index in [1.807, 2.05) is 0 Å². The van der Waals surface area contributed by atoms with Crippen molar-refractivity contribution in [2.24, 2.45) is 0 Å². The van der Waals surface area contributed by atoms with Crippen molar-refractivity contribution in [3.8, 4) is 0 Å². The molecule has 0 spiro atoms. The van der Waals surface area contributed by atoms with Gasteiger partial charge in [-0.25, -0.2) is 4.98 Å². The van der Waals surface area contributed by atoms with E-state index in [4.69, 9.17) is 15.0 Å². The average molecular weight is 386 g/mol. The summed E-state index contributed by atoms with van der Waals surface area (Å²) in [5, 5.41) is 21.2. The molecule has 1 aliphatic heterocycles. The van der Waals surface area contributed by atoms with Crippen molar-refractivity contribution in [3.63, 3.8) is 0 Å². The van der Waals surface area contributed by atoms with Crippen LogP contribution in [0.25, 0.3) is 11.2 Å². The third-order valence-electron chi connectivity index (χ3n) is 4.30. The Balaban J connectivity index is 2.02. The highest BCUT2D eigenvalue weighted by Gasteiger charge is 2.53. The lowest BCUT2D eigenvalue weighted by Crippen LogP contribution is -2.44. The third kappa shape index (κ3) is 3.17. The Hall–Kier alpha value is -1.78. The number of aliphatic hydroxyl groups excluding tert-OH is 1. The molecule has 4 N–H and O–H groups in total. The van der Waals surface area contributed by atoms with Gasteiger partial charge in [-0.1, -0.05) is 0 Å². The summed E-state index contributed by atoms with van der Waals surface area (Å²) in [6, 6.07) is 0. The van der Waals surface area contributed by atoms with E-state index in [9.17, 15) is 14.8 Å². The quantitative estimate of drug-likeness (QED) is 0.580. The zero-order valence-electron chi connectivity index (χ0n) is 14.9. The number of nitrogen functional groups attached to an aromatic ring is 1. The van der Waals surface area contributed by atoms with Gasteiger partial charge in [-0.2, -0.15) is 9.97 Å². The molecule has 1 saturated heterocycles. The third-order valence-corrected chi connectivity index (χ3v) is 4.88. The smallest absolute Gasteiger partial charge is 0.224 e. The molecular formula is C14H23N6O5P. The van der Waals surface area contributed by atoms with E-state index < -0.39 is 32.1 Å². The van der Waals surface area contributed by atoms with Crippen LogP contribution in [0, 0.1) is 0 Å². The largest absolute Gasteiger partial charge is 0.387 e. The number of fused-ring (bicyclic) bond motifs is 1. The van der Waals surface area contributed by atoms with Crippen LogP contribution in [-0.4, -0.2) is 74.9 Å². The maximum absolute atomic E-state index is 11.2. The second kappa shape index (κ2) is 6.75. The standard InChI is InChI=1S/C14H23N6O5P/c1-14(22)9(21)7(5-24-26(4)23)25-12(14)20-6-16-8-10(19(2)3)17-13(15)18-11(8)20/h6-7,9,12,21-22,26H,5H2,1-4H3,(H2,15,17,18)/t7-,9-,12-,14-/m1/s1. The second-order valence-corrected chi connectivity index (χ2v) is 7.90. The highest BCUT2D eigenvalue weighted by atomic mass is 31.1. The molecule has 0 bridgehead atoms. The van der Waals surface area contributed by atoms with Gasteiger partial charge in [-0.15, -0.1) is 0 Å². The minimum atomic E-state index is -2.19. The maximum atomic E-state index is 11.2. The predicted octanol–water partition coefficient (Wildman–Crippen LogP) is -0.395. The van der Waals surface area contributed by atoms with E-state index in [2.05, 4.69) is 15.0 Å². The van der Waals surface area contributed by atoms with Crippen LogP contribution in [0.3, 0.4) is 0 Å². The Bertz CT molecular complexity index is 841. The topological polar surface area (TPSA) is 149 Å². The van der Waals surface area contributed by atoms with Gasteiger partial charge >= 0.3 is 0 Å². The molecule has 11 nitrogen and oxygen atoms in total. The molecule has 0 amide bonds. The number of aliphatic hydroxyl groups is 2. The first kappa shape index (κ1) is 19.0. The van der Waals surface area contributed by atoms with Crippen molar-refractivity contribution in [1.82, 2.24) is 19.5 Å². The normalized spacial score (nSPS) is 30.0. The molecule has 0 radical (unpaired) electrons. The Morgan fingerprint density at radius 3 is 2.81 bits per heavy atom. The summed E-state index contributed by atoms with van der Waals surface area (Å²) in [6.07, 6.45) is -1.64. The van der Waals surface area contributed by atoms with Gasteiger partial charge in [0, 0.05) is 20.8 Å². The Morgan fingerprint density at radius 2 is 2.19 bits per heavy atom. The fraction of sp³-hybridized carbons (Fsp3) is 0.643. The minimum absolute atomic E-state index is 0.0469. The van der Waals surface area contributed by atoms with Gasteiger partial charge in [0.2, 0.25) is 5.95 Å². The summed E-state index contributed by atoms with van der Waals surface area (Å²) < 4.78 is 23.6. The number of nitrogens with zero attached hydrogens (tertiary/aromatic N) is 5. The van der Waals surface area contributed by atoms with Gasteiger partial charge in [0.1, 0.15) is 17.8 Å². The van der Waals surface area contributed by atoms with Crippen LogP contribution in [0.15, 0.2) is 6.33 Å². The lowest BCUT2D eigenvalue weighted by molar-refractivity contribution is -0.0947. The molecule has 0 aromatic carbocycles. The van der Waals surface area contributed by atoms with Crippen LogP contribution >= 0.6 is 8.03 Å². The Kier molecular flexibility index (Phi) is 4.93. The van der Waals surface area contributed by atoms with Crippen LogP contribution < -0.4 is 10.6 Å². The number of ether oxygens (including phenoxy) is 1. The number of aromatic nitrogens is 4. The van der Waals surface area contributed by atoms with Gasteiger partial charge in [0.05, 0.1) is 12.9 Å². The number of imidazole rings is 1. The van der Waals surface area contributed by atoms with Gasteiger partial charge in [-0.05, 0) is 6.92 Å². The molecule has 2 aromatic rings. The average Bonchev–Trinajstić information content (AvgIpc) is 3.04. The number of nitrogens with two attached hydrogens (primary N) is 1. The van der Waals surface area contributed by atoms with Crippen molar-refractivity contribution < 1.29 is 24.0 Å². The summed E-state index contributed by atoms with van der Waals surface area (Å²) in [6.45, 7) is 2.78. The van der Waals surface area contributed by atoms with Crippen molar-refractivity contribution in [2.45, 2.75) is 31.0 Å². The SMILES string of the molecule is CN(C)c1nc(N)nc2c1ncn2[C@@H]1O[C@H](CO[PH](C)=O)[C@@H](O)[C@@]1(C)O. The fourth-order valence-electron chi connectivity index (χ4n) is 2.98. The molecule has 0 saturated carbocycles. The van der Waals surface area contributed by atoms with Gasteiger partial charge in [0.15, 0.2) is 31.2 Å². The summed E-state index contributed by atoms with van der Waals surface area (Å²) in [5.74, 6) is 0.569. The Morgan fingerprint density at radius 1 is 1.50 bits per heavy atom. The highest BCUT2D eigenvalue weighted by Crippen LogP contribution is 2.40. The molecular weight excluding hydrogens is 363 g/mol. The molecule has 3 heterocycles. The van der Waals surface area contributed by atoms with Crippen molar-refractivity contribution >= 4 is 31.0 Å². The first-order valence-electron chi connectivity index (χ1n) is 7.99. The Labute approximate surface area is 150 Å². The molecule has 1 fully saturated rings. The maximum Gasteiger partial charge on any atom is 0.224 e. The fourth-order valence-corrected chi connectivity index (χ4v) is 3.38. The molecule has 144 valence electrons. The number of rotatable bonds is 5. The molecule has 12 heteroatoms. The predicted molar refractivity (Wildman–Crippen MR) is 95.5 cm³/mol.